The molecule has 0 amide bonds. The Bertz CT molecular complexity index is 1520. The zero-order valence-corrected chi connectivity index (χ0v) is 19.9. The van der Waals surface area contributed by atoms with Gasteiger partial charge in [0.25, 0.3) is 0 Å². The molecule has 6 aromatic rings. The Morgan fingerprint density at radius 2 is 0.583 bits per heavy atom. The minimum absolute atomic E-state index is 0.756. The van der Waals surface area contributed by atoms with Gasteiger partial charge in [-0.25, -0.2) is 0 Å². The van der Waals surface area contributed by atoms with Crippen molar-refractivity contribution in [2.24, 2.45) is 0 Å². The number of benzene rings is 6. The smallest absolute Gasteiger partial charge is 0.0314 e. The van der Waals surface area contributed by atoms with Gasteiger partial charge in [0.1, 0.15) is 0 Å². The van der Waals surface area contributed by atoms with Crippen molar-refractivity contribution in [1.29, 1.82) is 0 Å². The number of anilines is 2. The van der Waals surface area contributed by atoms with Crippen molar-refractivity contribution in [2.75, 3.05) is 11.5 Å². The molecule has 0 saturated heterocycles. The van der Waals surface area contributed by atoms with Crippen molar-refractivity contribution >= 4 is 22.1 Å². The molecule has 0 aliphatic heterocycles. The van der Waals surface area contributed by atoms with Gasteiger partial charge < -0.3 is 11.5 Å². The zero-order valence-electron chi connectivity index (χ0n) is 19.9. The van der Waals surface area contributed by atoms with Crippen LogP contribution in [0.2, 0.25) is 0 Å². The number of rotatable bonds is 4. The lowest BCUT2D eigenvalue weighted by atomic mass is 9.79. The molecule has 0 saturated carbocycles. The van der Waals surface area contributed by atoms with E-state index in [9.17, 15) is 0 Å². The van der Waals surface area contributed by atoms with Crippen molar-refractivity contribution < 1.29 is 0 Å². The minimum atomic E-state index is 0.756. The monoisotopic (exact) mass is 462 g/mol. The third kappa shape index (κ3) is 3.79. The van der Waals surface area contributed by atoms with Gasteiger partial charge in [-0.1, -0.05) is 109 Å². The number of nitrogens with two attached hydrogens (primary N) is 2. The summed E-state index contributed by atoms with van der Waals surface area (Å²) >= 11 is 0. The lowest BCUT2D eigenvalue weighted by molar-refractivity contribution is 1.56. The summed E-state index contributed by atoms with van der Waals surface area (Å²) in [6.07, 6.45) is 0. The van der Waals surface area contributed by atoms with Crippen molar-refractivity contribution in [3.05, 3.63) is 133 Å². The maximum absolute atomic E-state index is 6.09. The molecule has 2 heteroatoms. The average Bonchev–Trinajstić information content (AvgIpc) is 2.94. The highest BCUT2D eigenvalue weighted by Crippen LogP contribution is 2.50. The third-order valence-corrected chi connectivity index (χ3v) is 6.74. The highest BCUT2D eigenvalue weighted by Gasteiger charge is 2.23. The van der Waals surface area contributed by atoms with Crippen LogP contribution in [0.25, 0.3) is 55.3 Å². The normalized spacial score (nSPS) is 11.0. The van der Waals surface area contributed by atoms with E-state index in [0.29, 0.717) is 0 Å². The van der Waals surface area contributed by atoms with Crippen molar-refractivity contribution in [3.8, 4) is 44.5 Å². The minimum Gasteiger partial charge on any atom is -0.399 e. The first kappa shape index (κ1) is 21.7. The zero-order chi connectivity index (χ0) is 24.5. The molecule has 2 nitrogen and oxygen atoms in total. The number of fused-ring (bicyclic) bond motifs is 1. The van der Waals surface area contributed by atoms with Crippen molar-refractivity contribution in [2.45, 2.75) is 0 Å². The Morgan fingerprint density at radius 1 is 0.278 bits per heavy atom. The lowest BCUT2D eigenvalue weighted by Gasteiger charge is -2.24. The van der Waals surface area contributed by atoms with Crippen LogP contribution in [-0.4, -0.2) is 0 Å². The van der Waals surface area contributed by atoms with Crippen LogP contribution in [0.3, 0.4) is 0 Å². The Kier molecular flexibility index (Phi) is 5.48. The van der Waals surface area contributed by atoms with Crippen LogP contribution in [0.5, 0.6) is 0 Å². The Morgan fingerprint density at radius 3 is 0.944 bits per heavy atom. The molecule has 0 heterocycles. The van der Waals surface area contributed by atoms with Gasteiger partial charge in [-0.3, -0.25) is 0 Å². The van der Waals surface area contributed by atoms with E-state index >= 15 is 0 Å². The molecule has 6 rings (SSSR count). The summed E-state index contributed by atoms with van der Waals surface area (Å²) in [4.78, 5) is 0. The fourth-order valence-corrected chi connectivity index (χ4v) is 5.12. The van der Waals surface area contributed by atoms with E-state index in [1.54, 1.807) is 0 Å². The maximum atomic E-state index is 6.09. The van der Waals surface area contributed by atoms with Crippen LogP contribution >= 0.6 is 0 Å². The molecule has 0 spiro atoms. The number of nitrogen functional groups attached to an aromatic ring is 2. The molecule has 0 aliphatic carbocycles. The van der Waals surface area contributed by atoms with E-state index in [1.165, 1.54) is 44.2 Å². The molecule has 4 N–H and O–H groups in total. The second-order valence-corrected chi connectivity index (χ2v) is 9.02. The summed E-state index contributed by atoms with van der Waals surface area (Å²) in [5, 5.41) is 2.40. The van der Waals surface area contributed by atoms with Gasteiger partial charge in [0.05, 0.1) is 0 Å². The van der Waals surface area contributed by atoms with Gasteiger partial charge in [-0.2, -0.15) is 0 Å². The fraction of sp³-hybridized carbons (Fsp3) is 0. The van der Waals surface area contributed by atoms with Crippen LogP contribution in [0, 0.1) is 0 Å². The van der Waals surface area contributed by atoms with E-state index in [2.05, 4.69) is 109 Å². The molecule has 36 heavy (non-hydrogen) atoms. The van der Waals surface area contributed by atoms with E-state index in [4.69, 9.17) is 11.5 Å². The third-order valence-electron chi connectivity index (χ3n) is 6.74. The number of hydrogen-bond acceptors (Lipinski definition) is 2. The molecule has 0 aliphatic rings. The molecule has 0 radical (unpaired) electrons. The molecule has 172 valence electrons. The van der Waals surface area contributed by atoms with Crippen LogP contribution in [0.4, 0.5) is 11.4 Å². The Labute approximate surface area is 211 Å². The summed E-state index contributed by atoms with van der Waals surface area (Å²) in [6.45, 7) is 0. The largest absolute Gasteiger partial charge is 0.399 e. The highest BCUT2D eigenvalue weighted by molar-refractivity contribution is 6.18. The molecule has 0 fully saturated rings. The number of hydrogen-bond donors (Lipinski definition) is 2. The van der Waals surface area contributed by atoms with Crippen molar-refractivity contribution in [3.63, 3.8) is 0 Å². The second-order valence-electron chi connectivity index (χ2n) is 9.02. The van der Waals surface area contributed by atoms with Gasteiger partial charge in [0, 0.05) is 11.4 Å². The fourth-order valence-electron chi connectivity index (χ4n) is 5.12. The Hall–Kier alpha value is -4.82. The van der Waals surface area contributed by atoms with E-state index < -0.39 is 0 Å². The first-order valence-corrected chi connectivity index (χ1v) is 12.1. The summed E-state index contributed by atoms with van der Waals surface area (Å²) in [5.41, 5.74) is 23.1. The SMILES string of the molecule is Nc1ccc(-c2c(-c3ccccc3)c(-c3ccccc3)c(-c3ccc(N)cc3)c3ccccc23)cc1. The molecule has 6 aromatic carbocycles. The molecule has 0 unspecified atom stereocenters. The Balaban J connectivity index is 1.87. The predicted octanol–water partition coefficient (Wildman–Crippen LogP) is 8.67. The lowest BCUT2D eigenvalue weighted by Crippen LogP contribution is -1.97. The van der Waals surface area contributed by atoms with Crippen LogP contribution in [0.1, 0.15) is 0 Å². The van der Waals surface area contributed by atoms with Gasteiger partial charge in [0.15, 0.2) is 0 Å². The quantitative estimate of drug-likeness (QED) is 0.257. The van der Waals surface area contributed by atoms with E-state index in [0.717, 1.165) is 22.5 Å². The standard InChI is InChI=1S/C34H26N2/c35-27-19-15-25(16-20-27)31-29-13-7-8-14-30(29)32(26-17-21-28(36)22-18-26)34(24-11-5-2-6-12-24)33(31)23-9-3-1-4-10-23/h1-22H,35-36H2. The van der Waals surface area contributed by atoms with E-state index in [1.807, 2.05) is 24.3 Å². The molecule has 0 atom stereocenters. The molecule has 0 aromatic heterocycles. The maximum Gasteiger partial charge on any atom is 0.0314 e. The molecular formula is C34H26N2. The summed E-state index contributed by atoms with van der Waals surface area (Å²) in [7, 11) is 0. The first-order valence-electron chi connectivity index (χ1n) is 12.1. The average molecular weight is 463 g/mol. The summed E-state index contributed by atoms with van der Waals surface area (Å²) < 4.78 is 0. The van der Waals surface area contributed by atoms with Crippen LogP contribution < -0.4 is 11.5 Å². The van der Waals surface area contributed by atoms with E-state index in [-0.39, 0.29) is 0 Å². The van der Waals surface area contributed by atoms with Crippen LogP contribution in [0.15, 0.2) is 133 Å². The predicted molar refractivity (Wildman–Crippen MR) is 155 cm³/mol. The topological polar surface area (TPSA) is 52.0 Å². The van der Waals surface area contributed by atoms with Crippen molar-refractivity contribution in [1.82, 2.24) is 0 Å². The summed E-state index contributed by atoms with van der Waals surface area (Å²) in [5.74, 6) is 0. The molecular weight excluding hydrogens is 436 g/mol. The summed E-state index contributed by atoms with van der Waals surface area (Å²) in [6, 6.07) is 46.5. The highest BCUT2D eigenvalue weighted by atomic mass is 14.5. The van der Waals surface area contributed by atoms with Gasteiger partial charge in [0.2, 0.25) is 0 Å². The molecule has 0 bridgehead atoms. The van der Waals surface area contributed by atoms with Gasteiger partial charge in [-0.05, 0) is 79.5 Å². The first-order chi connectivity index (χ1) is 17.7. The van der Waals surface area contributed by atoms with Gasteiger partial charge >= 0.3 is 0 Å². The second kappa shape index (κ2) is 9.09. The van der Waals surface area contributed by atoms with Crippen LogP contribution in [-0.2, 0) is 0 Å². The van der Waals surface area contributed by atoms with Gasteiger partial charge in [-0.15, -0.1) is 0 Å².